The lowest BCUT2D eigenvalue weighted by molar-refractivity contribution is -0.163. The minimum absolute atomic E-state index is 0.154. The first kappa shape index (κ1) is 11.4. The number of carboxylic acid groups (broad SMARTS) is 1. The molecule has 0 aliphatic carbocycles. The molecule has 2 amide bonds. The second-order valence-corrected chi connectivity index (χ2v) is 5.30. The Morgan fingerprint density at radius 3 is 2.12 bits per heavy atom. The Morgan fingerprint density at radius 2 is 1.69 bits per heavy atom. The van der Waals surface area contributed by atoms with Gasteiger partial charge in [-0.3, -0.25) is 14.5 Å². The van der Waals surface area contributed by atoms with Crippen LogP contribution in [0.15, 0.2) is 0 Å². The van der Waals surface area contributed by atoms with Gasteiger partial charge in [0.15, 0.2) is 0 Å². The van der Waals surface area contributed by atoms with Crippen LogP contribution in [0.4, 0.5) is 0 Å². The molecule has 2 saturated heterocycles. The fraction of sp³-hybridized carbons (Fsp3) is 0.700. The number of aliphatic carboxylic acids is 1. The highest BCUT2D eigenvalue weighted by atomic mass is 32.2. The van der Waals surface area contributed by atoms with Crippen LogP contribution in [0, 0.1) is 0 Å². The van der Waals surface area contributed by atoms with Crippen LogP contribution in [0.5, 0.6) is 0 Å². The molecule has 0 spiro atoms. The Kier molecular flexibility index (Phi) is 2.92. The highest BCUT2D eigenvalue weighted by Gasteiger charge is 2.52. The highest BCUT2D eigenvalue weighted by Crippen LogP contribution is 2.36. The number of hydrogen-bond acceptors (Lipinski definition) is 4. The predicted octanol–water partition coefficient (Wildman–Crippen LogP) is 0.486. The van der Waals surface area contributed by atoms with E-state index >= 15 is 0 Å². The lowest BCUT2D eigenvalue weighted by Crippen LogP contribution is -2.58. The zero-order valence-corrected chi connectivity index (χ0v) is 9.59. The van der Waals surface area contributed by atoms with Gasteiger partial charge in [0.2, 0.25) is 11.8 Å². The smallest absolute Gasteiger partial charge is 0.330 e. The number of thioether (sulfide) groups is 1. The molecule has 0 atom stereocenters. The first-order valence-electron chi connectivity index (χ1n) is 5.25. The molecule has 0 bridgehead atoms. The number of nitrogens with zero attached hydrogens (tertiary/aromatic N) is 1. The van der Waals surface area contributed by atoms with Crippen LogP contribution in [0.2, 0.25) is 0 Å². The summed E-state index contributed by atoms with van der Waals surface area (Å²) in [4.78, 5) is 35.7. The summed E-state index contributed by atoms with van der Waals surface area (Å²) in [7, 11) is 0. The first-order valence-corrected chi connectivity index (χ1v) is 6.40. The second kappa shape index (κ2) is 4.08. The SMILES string of the molecule is O=C1CCC(=O)N1C1(C(=O)O)CCSCC1. The molecule has 0 saturated carbocycles. The van der Waals surface area contributed by atoms with E-state index in [1.807, 2.05) is 0 Å². The molecule has 2 rings (SSSR count). The van der Waals surface area contributed by atoms with E-state index in [1.54, 1.807) is 11.8 Å². The minimum Gasteiger partial charge on any atom is -0.479 e. The van der Waals surface area contributed by atoms with E-state index in [1.165, 1.54) is 0 Å². The van der Waals surface area contributed by atoms with Crippen molar-refractivity contribution in [1.82, 2.24) is 4.90 Å². The molecule has 1 N–H and O–H groups in total. The molecule has 5 nitrogen and oxygen atoms in total. The zero-order chi connectivity index (χ0) is 11.8. The van der Waals surface area contributed by atoms with Crippen LogP contribution in [-0.2, 0) is 14.4 Å². The third kappa shape index (κ3) is 1.61. The Labute approximate surface area is 97.2 Å². The molecular weight excluding hydrogens is 230 g/mol. The summed E-state index contributed by atoms with van der Waals surface area (Å²) in [5.41, 5.74) is -1.27. The predicted molar refractivity (Wildman–Crippen MR) is 58.0 cm³/mol. The van der Waals surface area contributed by atoms with E-state index < -0.39 is 11.5 Å². The van der Waals surface area contributed by atoms with Gasteiger partial charge in [-0.15, -0.1) is 0 Å². The normalized spacial score (nSPS) is 24.9. The summed E-state index contributed by atoms with van der Waals surface area (Å²) in [5, 5.41) is 9.33. The topological polar surface area (TPSA) is 74.7 Å². The fourth-order valence-electron chi connectivity index (χ4n) is 2.30. The molecule has 0 radical (unpaired) electrons. The Balaban J connectivity index is 2.34. The molecule has 2 aliphatic heterocycles. The third-order valence-electron chi connectivity index (χ3n) is 3.20. The van der Waals surface area contributed by atoms with Crippen molar-refractivity contribution in [2.75, 3.05) is 11.5 Å². The van der Waals surface area contributed by atoms with Gasteiger partial charge in [-0.05, 0) is 24.3 Å². The average molecular weight is 243 g/mol. The number of rotatable bonds is 2. The summed E-state index contributed by atoms with van der Waals surface area (Å²) in [6, 6.07) is 0. The fourth-order valence-corrected chi connectivity index (χ4v) is 3.46. The lowest BCUT2D eigenvalue weighted by atomic mass is 9.90. The summed E-state index contributed by atoms with van der Waals surface area (Å²) in [6.45, 7) is 0. The Hall–Kier alpha value is -1.04. The molecule has 2 heterocycles. The molecule has 2 aliphatic rings. The van der Waals surface area contributed by atoms with Crippen molar-refractivity contribution in [2.45, 2.75) is 31.2 Å². The molecular formula is C10H13NO4S. The van der Waals surface area contributed by atoms with Crippen LogP contribution in [0.1, 0.15) is 25.7 Å². The molecule has 0 unspecified atom stereocenters. The Morgan fingerprint density at radius 1 is 1.19 bits per heavy atom. The van der Waals surface area contributed by atoms with Crippen LogP contribution in [0.3, 0.4) is 0 Å². The van der Waals surface area contributed by atoms with Crippen LogP contribution < -0.4 is 0 Å². The van der Waals surface area contributed by atoms with Crippen LogP contribution >= 0.6 is 11.8 Å². The van der Waals surface area contributed by atoms with E-state index in [0.717, 1.165) is 4.90 Å². The maximum atomic E-state index is 11.6. The van der Waals surface area contributed by atoms with Gasteiger partial charge in [0, 0.05) is 12.8 Å². The van der Waals surface area contributed by atoms with Crippen LogP contribution in [0.25, 0.3) is 0 Å². The molecule has 6 heteroatoms. The van der Waals surface area contributed by atoms with Gasteiger partial charge in [0.1, 0.15) is 5.54 Å². The van der Waals surface area contributed by atoms with Crippen molar-refractivity contribution in [3.8, 4) is 0 Å². The summed E-state index contributed by atoms with van der Waals surface area (Å²) in [5.74, 6) is -0.345. The van der Waals surface area contributed by atoms with Gasteiger partial charge >= 0.3 is 5.97 Å². The maximum Gasteiger partial charge on any atom is 0.330 e. The van der Waals surface area contributed by atoms with Gasteiger partial charge < -0.3 is 5.11 Å². The third-order valence-corrected chi connectivity index (χ3v) is 4.18. The van der Waals surface area contributed by atoms with E-state index in [9.17, 15) is 19.5 Å². The van der Waals surface area contributed by atoms with E-state index in [0.29, 0.717) is 24.3 Å². The number of amides is 2. The lowest BCUT2D eigenvalue weighted by Gasteiger charge is -2.39. The van der Waals surface area contributed by atoms with Crippen molar-refractivity contribution in [3.63, 3.8) is 0 Å². The van der Waals surface area contributed by atoms with Gasteiger partial charge in [-0.2, -0.15) is 11.8 Å². The van der Waals surface area contributed by atoms with E-state index in [-0.39, 0.29) is 24.7 Å². The number of hydrogen-bond donors (Lipinski definition) is 1. The van der Waals surface area contributed by atoms with Crippen molar-refractivity contribution in [2.24, 2.45) is 0 Å². The van der Waals surface area contributed by atoms with Gasteiger partial charge in [-0.1, -0.05) is 0 Å². The summed E-state index contributed by atoms with van der Waals surface area (Å²) < 4.78 is 0. The van der Waals surface area contributed by atoms with E-state index in [2.05, 4.69) is 0 Å². The van der Waals surface area contributed by atoms with Crippen molar-refractivity contribution in [3.05, 3.63) is 0 Å². The highest BCUT2D eigenvalue weighted by molar-refractivity contribution is 7.99. The van der Waals surface area contributed by atoms with E-state index in [4.69, 9.17) is 0 Å². The molecule has 16 heavy (non-hydrogen) atoms. The number of likely N-dealkylation sites (tertiary alicyclic amines) is 1. The number of imide groups is 1. The van der Waals surface area contributed by atoms with Gasteiger partial charge in [-0.25, -0.2) is 4.79 Å². The van der Waals surface area contributed by atoms with Gasteiger partial charge in [0.05, 0.1) is 0 Å². The molecule has 2 fully saturated rings. The summed E-state index contributed by atoms with van der Waals surface area (Å²) >= 11 is 1.66. The largest absolute Gasteiger partial charge is 0.479 e. The summed E-state index contributed by atoms with van der Waals surface area (Å²) in [6.07, 6.45) is 1.04. The Bertz CT molecular complexity index is 333. The monoisotopic (exact) mass is 243 g/mol. The standard InChI is InChI=1S/C10H13NO4S/c12-7-1-2-8(13)11(7)10(9(14)15)3-5-16-6-4-10/h1-6H2,(H,14,15). The van der Waals surface area contributed by atoms with Crippen molar-refractivity contribution >= 4 is 29.5 Å². The first-order chi connectivity index (χ1) is 7.58. The minimum atomic E-state index is -1.27. The second-order valence-electron chi connectivity index (χ2n) is 4.07. The van der Waals surface area contributed by atoms with Crippen molar-refractivity contribution in [1.29, 1.82) is 0 Å². The zero-order valence-electron chi connectivity index (χ0n) is 8.77. The maximum absolute atomic E-state index is 11.6. The van der Waals surface area contributed by atoms with Crippen LogP contribution in [-0.4, -0.2) is 44.8 Å². The number of carboxylic acids is 1. The molecule has 0 aromatic heterocycles. The molecule has 0 aromatic rings. The van der Waals surface area contributed by atoms with Gasteiger partial charge in [0.25, 0.3) is 0 Å². The average Bonchev–Trinajstić information content (AvgIpc) is 2.60. The molecule has 0 aromatic carbocycles. The number of carbonyl (C=O) groups excluding carboxylic acids is 2. The molecule has 88 valence electrons. The van der Waals surface area contributed by atoms with Crippen molar-refractivity contribution < 1.29 is 19.5 Å². The number of carbonyl (C=O) groups is 3. The quantitative estimate of drug-likeness (QED) is 0.714.